The van der Waals surface area contributed by atoms with Crippen LogP contribution in [0, 0.1) is 5.82 Å². The van der Waals surface area contributed by atoms with E-state index in [1.54, 1.807) is 25.2 Å². The Morgan fingerprint density at radius 1 is 1.44 bits per heavy atom. The van der Waals surface area contributed by atoms with Gasteiger partial charge in [-0.05, 0) is 12.1 Å². The van der Waals surface area contributed by atoms with Crippen LogP contribution in [0.5, 0.6) is 0 Å². The van der Waals surface area contributed by atoms with Crippen LogP contribution < -0.4 is 0 Å². The number of carbonyl (C=O) groups excluding carboxylic acids is 1. The van der Waals surface area contributed by atoms with Gasteiger partial charge in [-0.1, -0.05) is 42.2 Å². The van der Waals surface area contributed by atoms with Gasteiger partial charge in [0, 0.05) is 12.6 Å². The van der Waals surface area contributed by atoms with Crippen LogP contribution in [0.25, 0.3) is 6.08 Å². The van der Waals surface area contributed by atoms with Gasteiger partial charge in [-0.25, -0.2) is 4.39 Å². The smallest absolute Gasteiger partial charge is 0.265 e. The molecule has 0 N–H and O–H groups in total. The number of rotatable bonds is 1. The van der Waals surface area contributed by atoms with E-state index in [0.717, 1.165) is 0 Å². The van der Waals surface area contributed by atoms with E-state index < -0.39 is 0 Å². The van der Waals surface area contributed by atoms with Gasteiger partial charge in [0.05, 0.1) is 4.91 Å². The van der Waals surface area contributed by atoms with E-state index >= 15 is 0 Å². The standard InChI is InChI=1S/C11H8FNOS2/c1-13-10(14)9(16-11(13)15)6-7-4-2-3-5-8(7)12/h2-6H,1H3/b9-6+. The number of thioether (sulfide) groups is 1. The van der Waals surface area contributed by atoms with Crippen molar-refractivity contribution < 1.29 is 9.18 Å². The molecular weight excluding hydrogens is 245 g/mol. The molecule has 0 saturated carbocycles. The van der Waals surface area contributed by atoms with E-state index in [-0.39, 0.29) is 11.7 Å². The summed E-state index contributed by atoms with van der Waals surface area (Å²) in [7, 11) is 1.61. The van der Waals surface area contributed by atoms with Crippen molar-refractivity contribution in [2.75, 3.05) is 7.05 Å². The number of hydrogen-bond acceptors (Lipinski definition) is 3. The molecule has 5 heteroatoms. The first-order valence-corrected chi connectivity index (χ1v) is 5.78. The summed E-state index contributed by atoms with van der Waals surface area (Å²) < 4.78 is 13.8. The largest absolute Gasteiger partial charge is 0.296 e. The fourth-order valence-electron chi connectivity index (χ4n) is 1.28. The first-order valence-electron chi connectivity index (χ1n) is 4.55. The lowest BCUT2D eigenvalue weighted by Gasteiger charge is -2.03. The quantitative estimate of drug-likeness (QED) is 0.567. The number of thiocarbonyl (C=S) groups is 1. The predicted octanol–water partition coefficient (Wildman–Crippen LogP) is 2.66. The molecule has 1 saturated heterocycles. The number of benzene rings is 1. The molecule has 0 aromatic heterocycles. The SMILES string of the molecule is CN1C(=O)/C(=C\c2ccccc2F)SC1=S. The molecule has 1 aliphatic rings. The zero-order valence-electron chi connectivity index (χ0n) is 8.44. The van der Waals surface area contributed by atoms with Crippen LogP contribution in [0.2, 0.25) is 0 Å². The van der Waals surface area contributed by atoms with Crippen LogP contribution in [-0.4, -0.2) is 22.2 Å². The summed E-state index contributed by atoms with van der Waals surface area (Å²) in [4.78, 5) is 13.5. The van der Waals surface area contributed by atoms with E-state index in [0.29, 0.717) is 14.8 Å². The summed E-state index contributed by atoms with van der Waals surface area (Å²) in [5.74, 6) is -0.526. The van der Waals surface area contributed by atoms with Crippen molar-refractivity contribution in [1.82, 2.24) is 4.90 Å². The highest BCUT2D eigenvalue weighted by molar-refractivity contribution is 8.26. The molecule has 1 amide bonds. The summed E-state index contributed by atoms with van der Waals surface area (Å²) in [6, 6.07) is 6.31. The van der Waals surface area contributed by atoms with Gasteiger partial charge in [0.1, 0.15) is 10.1 Å². The molecule has 2 nitrogen and oxygen atoms in total. The van der Waals surface area contributed by atoms with Crippen LogP contribution in [0.4, 0.5) is 4.39 Å². The Labute approximate surface area is 102 Å². The molecule has 0 bridgehead atoms. The third-order valence-electron chi connectivity index (χ3n) is 2.18. The van der Waals surface area contributed by atoms with E-state index in [2.05, 4.69) is 0 Å². The average molecular weight is 253 g/mol. The fraction of sp³-hybridized carbons (Fsp3) is 0.0909. The zero-order valence-corrected chi connectivity index (χ0v) is 10.1. The molecule has 0 unspecified atom stereocenters. The number of likely N-dealkylation sites (N-methyl/N-ethyl adjacent to an activating group) is 1. The highest BCUT2D eigenvalue weighted by Crippen LogP contribution is 2.31. The predicted molar refractivity (Wildman–Crippen MR) is 67.3 cm³/mol. The lowest BCUT2D eigenvalue weighted by atomic mass is 10.2. The maximum atomic E-state index is 13.4. The summed E-state index contributed by atoms with van der Waals surface area (Å²) in [5, 5.41) is 0. The molecule has 1 aliphatic heterocycles. The maximum absolute atomic E-state index is 13.4. The van der Waals surface area contributed by atoms with Crippen molar-refractivity contribution in [2.24, 2.45) is 0 Å². The lowest BCUT2D eigenvalue weighted by Crippen LogP contribution is -2.22. The molecule has 1 aromatic carbocycles. The van der Waals surface area contributed by atoms with Crippen LogP contribution >= 0.6 is 24.0 Å². The van der Waals surface area contributed by atoms with Crippen molar-refractivity contribution in [1.29, 1.82) is 0 Å². The molecule has 0 spiro atoms. The normalized spacial score (nSPS) is 18.6. The Bertz CT molecular complexity index is 499. The minimum absolute atomic E-state index is 0.182. The van der Waals surface area contributed by atoms with Gasteiger partial charge < -0.3 is 0 Å². The maximum Gasteiger partial charge on any atom is 0.265 e. The third-order valence-corrected chi connectivity index (χ3v) is 3.66. The van der Waals surface area contributed by atoms with Crippen molar-refractivity contribution in [3.63, 3.8) is 0 Å². The van der Waals surface area contributed by atoms with Gasteiger partial charge in [0.25, 0.3) is 5.91 Å². The van der Waals surface area contributed by atoms with E-state index in [1.165, 1.54) is 28.8 Å². The molecule has 1 fully saturated rings. The summed E-state index contributed by atoms with van der Waals surface area (Å²) in [6.45, 7) is 0. The lowest BCUT2D eigenvalue weighted by molar-refractivity contribution is -0.121. The number of amides is 1. The third kappa shape index (κ3) is 2.01. The first-order chi connectivity index (χ1) is 7.59. The van der Waals surface area contributed by atoms with Gasteiger partial charge >= 0.3 is 0 Å². The summed E-state index contributed by atoms with van der Waals surface area (Å²) in [5.41, 5.74) is 0.399. The number of halogens is 1. The van der Waals surface area contributed by atoms with Crippen LogP contribution in [0.1, 0.15) is 5.56 Å². The summed E-state index contributed by atoms with van der Waals surface area (Å²) in [6.07, 6.45) is 1.53. The Kier molecular flexibility index (Phi) is 3.07. The molecule has 16 heavy (non-hydrogen) atoms. The average Bonchev–Trinajstić information content (AvgIpc) is 2.50. The topological polar surface area (TPSA) is 20.3 Å². The second kappa shape index (κ2) is 4.35. The molecule has 82 valence electrons. The molecular formula is C11H8FNOS2. The Hall–Kier alpha value is -1.20. The van der Waals surface area contributed by atoms with Gasteiger partial charge in [-0.2, -0.15) is 0 Å². The minimum atomic E-state index is -0.344. The Morgan fingerprint density at radius 3 is 2.69 bits per heavy atom. The zero-order chi connectivity index (χ0) is 11.7. The van der Waals surface area contributed by atoms with Gasteiger partial charge in [-0.3, -0.25) is 9.69 Å². The molecule has 0 radical (unpaired) electrons. The summed E-state index contributed by atoms with van der Waals surface area (Å²) >= 11 is 6.17. The Balaban J connectivity index is 2.37. The van der Waals surface area contributed by atoms with Gasteiger partial charge in [0.2, 0.25) is 0 Å². The first kappa shape index (κ1) is 11.3. The Morgan fingerprint density at radius 2 is 2.12 bits per heavy atom. The van der Waals surface area contributed by atoms with Crippen molar-refractivity contribution >= 4 is 40.3 Å². The van der Waals surface area contributed by atoms with Crippen LogP contribution in [0.3, 0.4) is 0 Å². The highest BCUT2D eigenvalue weighted by Gasteiger charge is 2.28. The number of carbonyl (C=O) groups is 1. The van der Waals surface area contributed by atoms with Crippen molar-refractivity contribution in [3.05, 3.63) is 40.6 Å². The van der Waals surface area contributed by atoms with E-state index in [9.17, 15) is 9.18 Å². The second-order valence-corrected chi connectivity index (χ2v) is 4.94. The molecule has 0 aliphatic carbocycles. The molecule has 2 rings (SSSR count). The van der Waals surface area contributed by atoms with E-state index in [4.69, 9.17) is 12.2 Å². The molecule has 1 aromatic rings. The van der Waals surface area contributed by atoms with Crippen molar-refractivity contribution in [3.8, 4) is 0 Å². The second-order valence-electron chi connectivity index (χ2n) is 3.26. The molecule has 0 atom stereocenters. The van der Waals surface area contributed by atoms with Crippen molar-refractivity contribution in [2.45, 2.75) is 0 Å². The van der Waals surface area contributed by atoms with Gasteiger partial charge in [0.15, 0.2) is 0 Å². The van der Waals surface area contributed by atoms with Crippen LogP contribution in [-0.2, 0) is 4.79 Å². The van der Waals surface area contributed by atoms with E-state index in [1.807, 2.05) is 0 Å². The monoisotopic (exact) mass is 253 g/mol. The number of hydrogen-bond donors (Lipinski definition) is 0. The highest BCUT2D eigenvalue weighted by atomic mass is 32.2. The number of nitrogens with zero attached hydrogens (tertiary/aromatic N) is 1. The van der Waals surface area contributed by atoms with Gasteiger partial charge in [-0.15, -0.1) is 0 Å². The van der Waals surface area contributed by atoms with Crippen LogP contribution in [0.15, 0.2) is 29.2 Å². The minimum Gasteiger partial charge on any atom is -0.296 e. The molecule has 1 heterocycles. The fourth-order valence-corrected chi connectivity index (χ4v) is 2.45.